The van der Waals surface area contributed by atoms with Crippen molar-refractivity contribution in [3.63, 3.8) is 0 Å². The highest BCUT2D eigenvalue weighted by molar-refractivity contribution is 5.77. The van der Waals surface area contributed by atoms with Gasteiger partial charge in [0, 0.05) is 0 Å². The topological polar surface area (TPSA) is 52.3 Å². The molecule has 2 N–H and O–H groups in total. The van der Waals surface area contributed by atoms with E-state index in [0.717, 1.165) is 5.56 Å². The van der Waals surface area contributed by atoms with Gasteiger partial charge in [-0.3, -0.25) is 0 Å². The molecule has 0 spiro atoms. The average molecular weight is 191 g/mol. The van der Waals surface area contributed by atoms with Gasteiger partial charge in [-0.25, -0.2) is 4.79 Å². The molecule has 74 valence electrons. The SMILES string of the molecule is C=Cc1ccc(OC(=O)C(C)N)cc1. The molecule has 0 heterocycles. The number of esters is 1. The Hall–Kier alpha value is -1.61. The second kappa shape index (κ2) is 4.58. The van der Waals surface area contributed by atoms with Gasteiger partial charge in [0.05, 0.1) is 0 Å². The minimum absolute atomic E-state index is 0.434. The van der Waals surface area contributed by atoms with Crippen LogP contribution in [0.3, 0.4) is 0 Å². The summed E-state index contributed by atoms with van der Waals surface area (Å²) in [5, 5.41) is 0. The van der Waals surface area contributed by atoms with Gasteiger partial charge in [0.25, 0.3) is 0 Å². The molecule has 3 heteroatoms. The zero-order valence-electron chi connectivity index (χ0n) is 8.07. The maximum Gasteiger partial charge on any atom is 0.328 e. The van der Waals surface area contributed by atoms with Crippen LogP contribution in [-0.4, -0.2) is 12.0 Å². The van der Waals surface area contributed by atoms with Gasteiger partial charge in [0.1, 0.15) is 11.8 Å². The van der Waals surface area contributed by atoms with Gasteiger partial charge < -0.3 is 10.5 Å². The molecule has 0 saturated heterocycles. The van der Waals surface area contributed by atoms with Gasteiger partial charge in [0.2, 0.25) is 0 Å². The van der Waals surface area contributed by atoms with E-state index in [2.05, 4.69) is 6.58 Å². The number of benzene rings is 1. The molecule has 1 unspecified atom stereocenters. The van der Waals surface area contributed by atoms with Crippen molar-refractivity contribution in [2.45, 2.75) is 13.0 Å². The largest absolute Gasteiger partial charge is 0.425 e. The first kappa shape index (κ1) is 10.5. The molecule has 0 radical (unpaired) electrons. The normalized spacial score (nSPS) is 11.9. The smallest absolute Gasteiger partial charge is 0.328 e. The highest BCUT2D eigenvalue weighted by atomic mass is 16.5. The zero-order valence-corrected chi connectivity index (χ0v) is 8.07. The molecule has 1 aromatic carbocycles. The molecule has 0 aliphatic heterocycles. The minimum Gasteiger partial charge on any atom is -0.425 e. The first-order chi connectivity index (χ1) is 6.63. The molecular weight excluding hydrogens is 178 g/mol. The van der Waals surface area contributed by atoms with Crippen molar-refractivity contribution >= 4 is 12.0 Å². The van der Waals surface area contributed by atoms with Crippen molar-refractivity contribution < 1.29 is 9.53 Å². The second-order valence-corrected chi connectivity index (χ2v) is 2.98. The van der Waals surface area contributed by atoms with Crippen molar-refractivity contribution in [2.75, 3.05) is 0 Å². The molecule has 0 amide bonds. The van der Waals surface area contributed by atoms with Gasteiger partial charge in [-0.15, -0.1) is 0 Å². The molecule has 0 saturated carbocycles. The number of carbonyl (C=O) groups is 1. The molecular formula is C11H13NO2. The van der Waals surface area contributed by atoms with Gasteiger partial charge in [-0.05, 0) is 24.6 Å². The Bertz CT molecular complexity index is 328. The fourth-order valence-corrected chi connectivity index (χ4v) is 0.881. The van der Waals surface area contributed by atoms with E-state index < -0.39 is 12.0 Å². The number of carbonyl (C=O) groups excluding carboxylic acids is 1. The predicted octanol–water partition coefficient (Wildman–Crippen LogP) is 1.58. The summed E-state index contributed by atoms with van der Waals surface area (Å²) in [6, 6.07) is 6.44. The Morgan fingerprint density at radius 1 is 1.50 bits per heavy atom. The van der Waals surface area contributed by atoms with E-state index >= 15 is 0 Å². The van der Waals surface area contributed by atoms with Gasteiger partial charge in [-0.2, -0.15) is 0 Å². The fourth-order valence-electron chi connectivity index (χ4n) is 0.881. The van der Waals surface area contributed by atoms with Crippen LogP contribution in [0.25, 0.3) is 6.08 Å². The molecule has 14 heavy (non-hydrogen) atoms. The Balaban J connectivity index is 2.69. The molecule has 1 aromatic rings. The third-order valence-corrected chi connectivity index (χ3v) is 1.71. The van der Waals surface area contributed by atoms with Crippen LogP contribution < -0.4 is 10.5 Å². The van der Waals surface area contributed by atoms with Crippen LogP contribution in [-0.2, 0) is 4.79 Å². The van der Waals surface area contributed by atoms with Crippen LogP contribution in [0.1, 0.15) is 12.5 Å². The van der Waals surface area contributed by atoms with Crippen LogP contribution in [0.15, 0.2) is 30.8 Å². The quantitative estimate of drug-likeness (QED) is 0.583. The predicted molar refractivity (Wildman–Crippen MR) is 55.8 cm³/mol. The number of hydrogen-bond donors (Lipinski definition) is 1. The van der Waals surface area contributed by atoms with Crippen LogP contribution in [0.4, 0.5) is 0 Å². The first-order valence-corrected chi connectivity index (χ1v) is 4.33. The van der Waals surface area contributed by atoms with Crippen LogP contribution in [0, 0.1) is 0 Å². The van der Waals surface area contributed by atoms with Crippen molar-refractivity contribution in [2.24, 2.45) is 5.73 Å². The number of hydrogen-bond acceptors (Lipinski definition) is 3. The molecule has 0 aliphatic carbocycles. The van der Waals surface area contributed by atoms with Crippen molar-refractivity contribution in [3.05, 3.63) is 36.4 Å². The maximum absolute atomic E-state index is 11.1. The van der Waals surface area contributed by atoms with E-state index in [0.29, 0.717) is 5.75 Å². The molecule has 0 fully saturated rings. The molecule has 3 nitrogen and oxygen atoms in total. The van der Waals surface area contributed by atoms with Crippen LogP contribution in [0.2, 0.25) is 0 Å². The maximum atomic E-state index is 11.1. The van der Waals surface area contributed by atoms with E-state index in [1.54, 1.807) is 25.1 Å². The van der Waals surface area contributed by atoms with Crippen molar-refractivity contribution in [3.8, 4) is 5.75 Å². The lowest BCUT2D eigenvalue weighted by Gasteiger charge is -2.06. The van der Waals surface area contributed by atoms with E-state index in [4.69, 9.17) is 10.5 Å². The Kier molecular flexibility index (Phi) is 3.42. The Morgan fingerprint density at radius 3 is 2.50 bits per heavy atom. The lowest BCUT2D eigenvalue weighted by molar-refractivity contribution is -0.135. The standard InChI is InChI=1S/C11H13NO2/c1-3-9-4-6-10(7-5-9)14-11(13)8(2)12/h3-8H,1,12H2,2H3. The second-order valence-electron chi connectivity index (χ2n) is 2.98. The third-order valence-electron chi connectivity index (χ3n) is 1.71. The number of nitrogens with two attached hydrogens (primary N) is 1. The van der Waals surface area contributed by atoms with Crippen LogP contribution >= 0.6 is 0 Å². The molecule has 0 bridgehead atoms. The number of ether oxygens (including phenoxy) is 1. The summed E-state index contributed by atoms with van der Waals surface area (Å²) < 4.78 is 4.98. The van der Waals surface area contributed by atoms with E-state index in [1.807, 2.05) is 12.1 Å². The summed E-state index contributed by atoms with van der Waals surface area (Å²) in [6.45, 7) is 5.21. The molecule has 1 atom stereocenters. The van der Waals surface area contributed by atoms with Gasteiger partial charge in [-0.1, -0.05) is 24.8 Å². The molecule has 1 rings (SSSR count). The average Bonchev–Trinajstić information content (AvgIpc) is 2.19. The Labute approximate surface area is 83.2 Å². The van der Waals surface area contributed by atoms with E-state index in [-0.39, 0.29) is 0 Å². The summed E-state index contributed by atoms with van der Waals surface area (Å²) in [6.07, 6.45) is 1.72. The fraction of sp³-hybridized carbons (Fsp3) is 0.182. The lowest BCUT2D eigenvalue weighted by atomic mass is 10.2. The molecule has 0 aliphatic rings. The summed E-state index contributed by atoms with van der Waals surface area (Å²) in [7, 11) is 0. The first-order valence-electron chi connectivity index (χ1n) is 4.33. The minimum atomic E-state index is -0.603. The molecule has 0 aromatic heterocycles. The van der Waals surface area contributed by atoms with Gasteiger partial charge in [0.15, 0.2) is 0 Å². The summed E-state index contributed by atoms with van der Waals surface area (Å²) in [4.78, 5) is 11.1. The van der Waals surface area contributed by atoms with E-state index in [1.165, 1.54) is 0 Å². The van der Waals surface area contributed by atoms with E-state index in [9.17, 15) is 4.79 Å². The third kappa shape index (κ3) is 2.71. The summed E-state index contributed by atoms with van der Waals surface area (Å²) >= 11 is 0. The van der Waals surface area contributed by atoms with Crippen molar-refractivity contribution in [1.82, 2.24) is 0 Å². The zero-order chi connectivity index (χ0) is 10.6. The van der Waals surface area contributed by atoms with Crippen LogP contribution in [0.5, 0.6) is 5.75 Å². The highest BCUT2D eigenvalue weighted by Gasteiger charge is 2.09. The Morgan fingerprint density at radius 2 is 2.07 bits per heavy atom. The summed E-state index contributed by atoms with van der Waals surface area (Å²) in [5.41, 5.74) is 6.33. The monoisotopic (exact) mass is 191 g/mol. The van der Waals surface area contributed by atoms with Crippen molar-refractivity contribution in [1.29, 1.82) is 0 Å². The number of rotatable bonds is 3. The summed E-state index contributed by atoms with van der Waals surface area (Å²) in [5.74, 6) is 0.0641. The lowest BCUT2D eigenvalue weighted by Crippen LogP contribution is -2.30. The van der Waals surface area contributed by atoms with Gasteiger partial charge >= 0.3 is 5.97 Å². The highest BCUT2D eigenvalue weighted by Crippen LogP contribution is 2.13.